The Labute approximate surface area is 104 Å². The maximum atomic E-state index is 4.54. The highest BCUT2D eigenvalue weighted by atomic mass is 15.0. The van der Waals surface area contributed by atoms with Crippen molar-refractivity contribution in [2.24, 2.45) is 11.8 Å². The zero-order valence-electron chi connectivity index (χ0n) is 10.7. The molecule has 1 aromatic heterocycles. The quantitative estimate of drug-likeness (QED) is 0.863. The van der Waals surface area contributed by atoms with Crippen molar-refractivity contribution in [1.29, 1.82) is 0 Å². The number of aromatic nitrogens is 1. The van der Waals surface area contributed by atoms with Gasteiger partial charge in [0.2, 0.25) is 0 Å². The van der Waals surface area contributed by atoms with Gasteiger partial charge in [0.05, 0.1) is 11.7 Å². The summed E-state index contributed by atoms with van der Waals surface area (Å²) in [4.78, 5) is 4.54. The minimum atomic E-state index is 0.513. The molecule has 3 rings (SSSR count). The molecule has 3 atom stereocenters. The molecule has 0 aromatic carbocycles. The van der Waals surface area contributed by atoms with Crippen LogP contribution in [0.2, 0.25) is 0 Å². The number of aryl methyl sites for hydroxylation is 1. The number of rotatable bonds is 3. The molecule has 2 aliphatic carbocycles. The van der Waals surface area contributed by atoms with Crippen molar-refractivity contribution in [3.63, 3.8) is 0 Å². The van der Waals surface area contributed by atoms with Crippen molar-refractivity contribution in [3.05, 3.63) is 29.6 Å². The summed E-state index contributed by atoms with van der Waals surface area (Å²) in [5, 5.41) is 3.75. The SMILES string of the molecule is CC1CCCC1CNC1CCc2cccnc21. The summed E-state index contributed by atoms with van der Waals surface area (Å²) in [5.74, 6) is 1.80. The van der Waals surface area contributed by atoms with Crippen molar-refractivity contribution < 1.29 is 0 Å². The normalized spacial score (nSPS) is 31.7. The van der Waals surface area contributed by atoms with Crippen LogP contribution in [-0.4, -0.2) is 11.5 Å². The summed E-state index contributed by atoms with van der Waals surface area (Å²) in [6.07, 6.45) is 8.61. The molecule has 1 fully saturated rings. The third-order valence-electron chi connectivity index (χ3n) is 4.62. The van der Waals surface area contributed by atoms with Crippen LogP contribution in [0.15, 0.2) is 18.3 Å². The summed E-state index contributed by atoms with van der Waals surface area (Å²) >= 11 is 0. The third-order valence-corrected chi connectivity index (χ3v) is 4.62. The van der Waals surface area contributed by atoms with Crippen molar-refractivity contribution in [3.8, 4) is 0 Å². The van der Waals surface area contributed by atoms with E-state index in [-0.39, 0.29) is 0 Å². The van der Waals surface area contributed by atoms with E-state index >= 15 is 0 Å². The number of hydrogen-bond donors (Lipinski definition) is 1. The largest absolute Gasteiger partial charge is 0.308 e. The molecule has 0 spiro atoms. The summed E-state index contributed by atoms with van der Waals surface area (Å²) in [6, 6.07) is 4.79. The third kappa shape index (κ3) is 2.23. The maximum absolute atomic E-state index is 4.54. The first-order chi connectivity index (χ1) is 8.34. The predicted molar refractivity (Wildman–Crippen MR) is 69.8 cm³/mol. The number of fused-ring (bicyclic) bond motifs is 1. The van der Waals surface area contributed by atoms with Gasteiger partial charge in [-0.15, -0.1) is 0 Å². The van der Waals surface area contributed by atoms with Gasteiger partial charge in [-0.3, -0.25) is 4.98 Å². The first kappa shape index (κ1) is 11.2. The van der Waals surface area contributed by atoms with Gasteiger partial charge in [0.15, 0.2) is 0 Å². The summed E-state index contributed by atoms with van der Waals surface area (Å²) in [7, 11) is 0. The Hall–Kier alpha value is -0.890. The molecule has 0 amide bonds. The molecule has 1 aromatic rings. The molecule has 2 aliphatic rings. The van der Waals surface area contributed by atoms with Gasteiger partial charge in [0.1, 0.15) is 0 Å². The highest BCUT2D eigenvalue weighted by Crippen LogP contribution is 2.33. The fourth-order valence-electron chi connectivity index (χ4n) is 3.43. The molecular formula is C15H22N2. The number of pyridine rings is 1. The van der Waals surface area contributed by atoms with Crippen molar-refractivity contribution >= 4 is 0 Å². The van der Waals surface area contributed by atoms with Crippen molar-refractivity contribution in [2.75, 3.05) is 6.54 Å². The highest BCUT2D eigenvalue weighted by molar-refractivity contribution is 5.27. The standard InChI is InChI=1S/C15H22N2/c1-11-4-2-5-13(11)10-17-14-8-7-12-6-3-9-16-15(12)14/h3,6,9,11,13-14,17H,2,4-5,7-8,10H2,1H3. The highest BCUT2D eigenvalue weighted by Gasteiger charge is 2.27. The van der Waals surface area contributed by atoms with Crippen LogP contribution in [0.5, 0.6) is 0 Å². The van der Waals surface area contributed by atoms with Gasteiger partial charge in [-0.25, -0.2) is 0 Å². The summed E-state index contributed by atoms with van der Waals surface area (Å²) in [5.41, 5.74) is 2.75. The Kier molecular flexibility index (Phi) is 3.15. The van der Waals surface area contributed by atoms with E-state index in [0.29, 0.717) is 6.04 Å². The first-order valence-corrected chi connectivity index (χ1v) is 7.02. The van der Waals surface area contributed by atoms with Gasteiger partial charge < -0.3 is 5.32 Å². The first-order valence-electron chi connectivity index (χ1n) is 7.02. The Morgan fingerprint density at radius 3 is 3.12 bits per heavy atom. The minimum Gasteiger partial charge on any atom is -0.308 e. The minimum absolute atomic E-state index is 0.513. The fraction of sp³-hybridized carbons (Fsp3) is 0.667. The van der Waals surface area contributed by atoms with Crippen LogP contribution in [-0.2, 0) is 6.42 Å². The van der Waals surface area contributed by atoms with Crippen LogP contribution in [0.25, 0.3) is 0 Å². The van der Waals surface area contributed by atoms with E-state index in [0.717, 1.165) is 11.8 Å². The Morgan fingerprint density at radius 1 is 1.35 bits per heavy atom. The smallest absolute Gasteiger partial charge is 0.0605 e. The van der Waals surface area contributed by atoms with Gasteiger partial charge in [0, 0.05) is 6.20 Å². The van der Waals surface area contributed by atoms with E-state index in [4.69, 9.17) is 0 Å². The van der Waals surface area contributed by atoms with Gasteiger partial charge in [-0.1, -0.05) is 25.8 Å². The summed E-state index contributed by atoms with van der Waals surface area (Å²) < 4.78 is 0. The van der Waals surface area contributed by atoms with E-state index in [1.807, 2.05) is 6.20 Å². The van der Waals surface area contributed by atoms with Crippen LogP contribution >= 0.6 is 0 Å². The van der Waals surface area contributed by atoms with Crippen LogP contribution in [0.4, 0.5) is 0 Å². The average Bonchev–Trinajstić information content (AvgIpc) is 2.93. The van der Waals surface area contributed by atoms with Crippen LogP contribution in [0.1, 0.15) is 49.9 Å². The fourth-order valence-corrected chi connectivity index (χ4v) is 3.43. The van der Waals surface area contributed by atoms with Crippen LogP contribution in [0.3, 0.4) is 0 Å². The molecule has 2 heteroatoms. The molecule has 1 saturated carbocycles. The lowest BCUT2D eigenvalue weighted by atomic mass is 9.98. The zero-order valence-corrected chi connectivity index (χ0v) is 10.7. The number of nitrogens with one attached hydrogen (secondary N) is 1. The monoisotopic (exact) mass is 230 g/mol. The molecule has 0 saturated heterocycles. The average molecular weight is 230 g/mol. The molecule has 0 aliphatic heterocycles. The van der Waals surface area contributed by atoms with E-state index in [1.54, 1.807) is 0 Å². The topological polar surface area (TPSA) is 24.9 Å². The Bertz CT molecular complexity index is 388. The lowest BCUT2D eigenvalue weighted by Gasteiger charge is -2.19. The van der Waals surface area contributed by atoms with Crippen molar-refractivity contribution in [1.82, 2.24) is 10.3 Å². The maximum Gasteiger partial charge on any atom is 0.0605 e. The van der Waals surface area contributed by atoms with Gasteiger partial charge in [0.25, 0.3) is 0 Å². The van der Waals surface area contributed by atoms with E-state index in [9.17, 15) is 0 Å². The lowest BCUT2D eigenvalue weighted by Crippen LogP contribution is -2.27. The second kappa shape index (κ2) is 4.77. The molecule has 0 radical (unpaired) electrons. The lowest BCUT2D eigenvalue weighted by molar-refractivity contribution is 0.366. The van der Waals surface area contributed by atoms with Crippen LogP contribution in [0, 0.1) is 11.8 Å². The van der Waals surface area contributed by atoms with Gasteiger partial charge in [-0.05, 0) is 49.3 Å². The molecule has 1 heterocycles. The summed E-state index contributed by atoms with van der Waals surface area (Å²) in [6.45, 7) is 3.59. The molecule has 2 nitrogen and oxygen atoms in total. The molecular weight excluding hydrogens is 208 g/mol. The van der Waals surface area contributed by atoms with Gasteiger partial charge in [-0.2, -0.15) is 0 Å². The zero-order chi connectivity index (χ0) is 11.7. The Morgan fingerprint density at radius 2 is 2.29 bits per heavy atom. The molecule has 1 N–H and O–H groups in total. The molecule has 17 heavy (non-hydrogen) atoms. The predicted octanol–water partition coefficient (Wildman–Crippen LogP) is 3.09. The van der Waals surface area contributed by atoms with Crippen molar-refractivity contribution in [2.45, 2.75) is 45.1 Å². The van der Waals surface area contributed by atoms with E-state index < -0.39 is 0 Å². The molecule has 3 unspecified atom stereocenters. The number of hydrogen-bond acceptors (Lipinski definition) is 2. The van der Waals surface area contributed by atoms with Crippen LogP contribution < -0.4 is 5.32 Å². The second-order valence-electron chi connectivity index (χ2n) is 5.72. The molecule has 0 bridgehead atoms. The van der Waals surface area contributed by atoms with Gasteiger partial charge >= 0.3 is 0 Å². The Balaban J connectivity index is 1.60. The second-order valence-corrected chi connectivity index (χ2v) is 5.72. The van der Waals surface area contributed by atoms with E-state index in [1.165, 1.54) is 49.9 Å². The molecule has 92 valence electrons. The number of nitrogens with zero attached hydrogens (tertiary/aromatic N) is 1. The van der Waals surface area contributed by atoms with E-state index in [2.05, 4.69) is 29.4 Å².